The lowest BCUT2D eigenvalue weighted by molar-refractivity contribution is -0.142. The van der Waals surface area contributed by atoms with Crippen LogP contribution in [0.25, 0.3) is 10.9 Å². The molecule has 0 unspecified atom stereocenters. The zero-order chi connectivity index (χ0) is 30.6. The predicted molar refractivity (Wildman–Crippen MR) is 155 cm³/mol. The van der Waals surface area contributed by atoms with Crippen LogP contribution in [0.3, 0.4) is 0 Å². The van der Waals surface area contributed by atoms with Gasteiger partial charge in [-0.2, -0.15) is 28.2 Å². The van der Waals surface area contributed by atoms with Crippen LogP contribution in [0.1, 0.15) is 55.0 Å². The monoisotopic (exact) mass is 601 g/mol. The number of carbonyl (C=O) groups excluding carboxylic acids is 1. The van der Waals surface area contributed by atoms with E-state index in [1.165, 1.54) is 19.2 Å². The van der Waals surface area contributed by atoms with Gasteiger partial charge in [0.25, 0.3) is 6.47 Å². The Labute approximate surface area is 248 Å². The number of anilines is 2. The number of alkyl halides is 3. The normalized spacial score (nSPS) is 21.7. The molecule has 2 aliphatic heterocycles. The SMILES string of the molecule is Cc1cc2[nH]ncc2c(N2CCc3c(nc(OCC4(CN(C)C)CC4)nc3N3CCC[C@@](C)(OC=O)C3)C2)c1C(F)(F)F. The number of aromatic amines is 1. The topological polar surface area (TPSA) is 99.7 Å². The fourth-order valence-corrected chi connectivity index (χ4v) is 6.81. The van der Waals surface area contributed by atoms with E-state index in [0.29, 0.717) is 61.5 Å². The Morgan fingerprint density at radius 2 is 1.95 bits per heavy atom. The number of H-pyrrole nitrogens is 1. The van der Waals surface area contributed by atoms with Crippen LogP contribution in [0.4, 0.5) is 24.7 Å². The third-order valence-electron chi connectivity index (χ3n) is 8.95. The molecule has 4 heterocycles. The molecular weight excluding hydrogens is 563 g/mol. The maximum absolute atomic E-state index is 14.5. The number of rotatable bonds is 9. The van der Waals surface area contributed by atoms with Crippen LogP contribution < -0.4 is 14.5 Å². The van der Waals surface area contributed by atoms with Crippen molar-refractivity contribution in [3.8, 4) is 6.01 Å². The van der Waals surface area contributed by atoms with Gasteiger partial charge in [0.05, 0.1) is 48.4 Å². The Bertz CT molecular complexity index is 1520. The third kappa shape index (κ3) is 5.83. The molecular formula is C30H38F3N7O3. The van der Waals surface area contributed by atoms with Gasteiger partial charge in [0, 0.05) is 36.0 Å². The average molecular weight is 602 g/mol. The van der Waals surface area contributed by atoms with Gasteiger partial charge in [-0.05, 0) is 71.7 Å². The number of hydrogen-bond acceptors (Lipinski definition) is 9. The lowest BCUT2D eigenvalue weighted by atomic mass is 9.93. The molecule has 1 atom stereocenters. The number of nitrogens with one attached hydrogen (secondary N) is 1. The molecule has 1 aromatic carbocycles. The molecule has 232 valence electrons. The zero-order valence-electron chi connectivity index (χ0n) is 25.1. The molecule has 3 aromatic rings. The van der Waals surface area contributed by atoms with Crippen LogP contribution in [-0.4, -0.2) is 84.0 Å². The molecule has 0 bridgehead atoms. The zero-order valence-corrected chi connectivity index (χ0v) is 25.1. The number of benzene rings is 1. The molecule has 2 aromatic heterocycles. The summed E-state index contributed by atoms with van der Waals surface area (Å²) in [5, 5.41) is 7.30. The van der Waals surface area contributed by atoms with E-state index in [9.17, 15) is 18.0 Å². The lowest BCUT2D eigenvalue weighted by Crippen LogP contribution is -2.49. The largest absolute Gasteiger partial charge is 0.463 e. The van der Waals surface area contributed by atoms with Crippen molar-refractivity contribution in [1.29, 1.82) is 0 Å². The van der Waals surface area contributed by atoms with E-state index in [0.717, 1.165) is 37.8 Å². The second-order valence-electron chi connectivity index (χ2n) is 12.9. The summed E-state index contributed by atoms with van der Waals surface area (Å²) < 4.78 is 55.1. The molecule has 6 rings (SSSR count). The number of fused-ring (bicyclic) bond motifs is 2. The van der Waals surface area contributed by atoms with Gasteiger partial charge < -0.3 is 24.2 Å². The highest BCUT2D eigenvalue weighted by Gasteiger charge is 2.44. The quantitative estimate of drug-likeness (QED) is 0.356. The van der Waals surface area contributed by atoms with E-state index in [1.807, 2.05) is 21.0 Å². The van der Waals surface area contributed by atoms with Gasteiger partial charge in [-0.1, -0.05) is 0 Å². The summed E-state index contributed by atoms with van der Waals surface area (Å²) in [6, 6.07) is 1.72. The first kappa shape index (κ1) is 29.5. The Balaban J connectivity index is 1.39. The van der Waals surface area contributed by atoms with Crippen molar-refractivity contribution in [2.45, 2.75) is 64.3 Å². The Kier molecular flexibility index (Phi) is 7.42. The molecule has 1 aliphatic carbocycles. The van der Waals surface area contributed by atoms with Crippen LogP contribution in [0.15, 0.2) is 12.3 Å². The van der Waals surface area contributed by atoms with E-state index in [4.69, 9.17) is 19.4 Å². The molecule has 0 spiro atoms. The highest BCUT2D eigenvalue weighted by Crippen LogP contribution is 2.47. The van der Waals surface area contributed by atoms with Crippen molar-refractivity contribution in [3.05, 3.63) is 34.6 Å². The van der Waals surface area contributed by atoms with E-state index in [2.05, 4.69) is 20.0 Å². The Morgan fingerprint density at radius 3 is 2.65 bits per heavy atom. The highest BCUT2D eigenvalue weighted by molar-refractivity contribution is 5.95. The van der Waals surface area contributed by atoms with Crippen molar-refractivity contribution in [2.24, 2.45) is 5.41 Å². The molecule has 1 N–H and O–H groups in total. The number of aryl methyl sites for hydroxylation is 1. The average Bonchev–Trinajstić information content (AvgIpc) is 3.53. The number of hydrogen-bond donors (Lipinski definition) is 1. The number of aromatic nitrogens is 4. The molecule has 10 nitrogen and oxygen atoms in total. The lowest BCUT2D eigenvalue weighted by Gasteiger charge is -2.41. The van der Waals surface area contributed by atoms with Gasteiger partial charge in [-0.25, -0.2) is 0 Å². The number of nitrogens with zero attached hydrogens (tertiary/aromatic N) is 6. The summed E-state index contributed by atoms with van der Waals surface area (Å²) in [5.74, 6) is 0.700. The van der Waals surface area contributed by atoms with Crippen molar-refractivity contribution in [2.75, 3.05) is 56.7 Å². The van der Waals surface area contributed by atoms with Gasteiger partial charge in [0.2, 0.25) is 0 Å². The van der Waals surface area contributed by atoms with Crippen molar-refractivity contribution >= 4 is 28.9 Å². The van der Waals surface area contributed by atoms with Gasteiger partial charge in [0.1, 0.15) is 11.4 Å². The van der Waals surface area contributed by atoms with Crippen molar-refractivity contribution in [1.82, 2.24) is 25.1 Å². The molecule has 1 saturated heterocycles. The number of halogens is 3. The first-order valence-electron chi connectivity index (χ1n) is 14.7. The fourth-order valence-electron chi connectivity index (χ4n) is 6.81. The van der Waals surface area contributed by atoms with Crippen molar-refractivity contribution < 1.29 is 27.4 Å². The predicted octanol–water partition coefficient (Wildman–Crippen LogP) is 4.50. The smallest absolute Gasteiger partial charge is 0.418 e. The Hall–Kier alpha value is -3.61. The molecule has 3 aliphatic rings. The van der Waals surface area contributed by atoms with E-state index < -0.39 is 17.3 Å². The van der Waals surface area contributed by atoms with Crippen LogP contribution in [0, 0.1) is 12.3 Å². The van der Waals surface area contributed by atoms with Crippen LogP contribution >= 0.6 is 0 Å². The number of piperidine rings is 1. The van der Waals surface area contributed by atoms with Crippen LogP contribution in [0.2, 0.25) is 0 Å². The van der Waals surface area contributed by atoms with Crippen LogP contribution in [-0.2, 0) is 28.7 Å². The number of ether oxygens (including phenoxy) is 2. The second kappa shape index (κ2) is 10.8. The second-order valence-corrected chi connectivity index (χ2v) is 12.9. The molecule has 2 fully saturated rings. The van der Waals surface area contributed by atoms with Crippen molar-refractivity contribution in [3.63, 3.8) is 0 Å². The first-order chi connectivity index (χ1) is 20.4. The molecule has 13 heteroatoms. The minimum Gasteiger partial charge on any atom is -0.463 e. The standard InChI is InChI=1S/C30H38F3N7O3/c1-19-12-22-21(13-34-37-22)25(24(19)30(31,32)33)39-11-6-20-23(14-39)35-27(42-17-29(8-9-29)16-38(3)4)36-26(20)40-10-5-7-28(2,15-40)43-18-41/h12-13,18H,5-11,14-17H2,1-4H3,(H,34,37)/t28-/m1/s1. The Morgan fingerprint density at radius 1 is 1.16 bits per heavy atom. The van der Waals surface area contributed by atoms with Gasteiger partial charge in [-0.15, -0.1) is 0 Å². The summed E-state index contributed by atoms with van der Waals surface area (Å²) in [4.78, 5) is 26.9. The summed E-state index contributed by atoms with van der Waals surface area (Å²) in [7, 11) is 4.07. The third-order valence-corrected chi connectivity index (χ3v) is 8.95. The minimum absolute atomic E-state index is 0.0481. The highest BCUT2D eigenvalue weighted by atomic mass is 19.4. The maximum atomic E-state index is 14.5. The maximum Gasteiger partial charge on any atom is 0.418 e. The van der Waals surface area contributed by atoms with Gasteiger partial charge in [0.15, 0.2) is 0 Å². The van der Waals surface area contributed by atoms with E-state index in [1.54, 1.807) is 4.90 Å². The molecule has 1 saturated carbocycles. The summed E-state index contributed by atoms with van der Waals surface area (Å²) in [6.07, 6.45) is 0.995. The summed E-state index contributed by atoms with van der Waals surface area (Å²) in [6.45, 7) is 6.89. The summed E-state index contributed by atoms with van der Waals surface area (Å²) >= 11 is 0. The van der Waals surface area contributed by atoms with Gasteiger partial charge >= 0.3 is 12.2 Å². The van der Waals surface area contributed by atoms with E-state index >= 15 is 0 Å². The molecule has 0 radical (unpaired) electrons. The summed E-state index contributed by atoms with van der Waals surface area (Å²) in [5.41, 5.74) is 1.04. The molecule has 43 heavy (non-hydrogen) atoms. The van der Waals surface area contributed by atoms with Crippen LogP contribution in [0.5, 0.6) is 6.01 Å². The fraction of sp³-hybridized carbons (Fsp3) is 0.600. The minimum atomic E-state index is -4.54. The first-order valence-corrected chi connectivity index (χ1v) is 14.7. The van der Waals surface area contributed by atoms with Gasteiger partial charge in [-0.3, -0.25) is 9.89 Å². The van der Waals surface area contributed by atoms with E-state index in [-0.39, 0.29) is 29.2 Å². The molecule has 0 amide bonds. The number of carbonyl (C=O) groups is 1.